The normalized spacial score (nSPS) is 10.5. The summed E-state index contributed by atoms with van der Waals surface area (Å²) < 4.78 is 2.04. The van der Waals surface area contributed by atoms with Gasteiger partial charge >= 0.3 is 0 Å². The van der Waals surface area contributed by atoms with Gasteiger partial charge in [-0.1, -0.05) is 18.2 Å². The molecule has 0 fully saturated rings. The van der Waals surface area contributed by atoms with Crippen molar-refractivity contribution in [1.29, 1.82) is 0 Å². The average Bonchev–Trinajstić information content (AvgIpc) is 2.39. The van der Waals surface area contributed by atoms with E-state index in [0.29, 0.717) is 6.42 Å². The molecule has 19 heavy (non-hydrogen) atoms. The maximum Gasteiger partial charge on any atom is 0.224 e. The van der Waals surface area contributed by atoms with Crippen LogP contribution in [-0.4, -0.2) is 11.9 Å². The molecule has 1 heterocycles. The van der Waals surface area contributed by atoms with E-state index in [1.165, 1.54) is 0 Å². The number of nitrogens with one attached hydrogen (secondary N) is 1. The van der Waals surface area contributed by atoms with Crippen molar-refractivity contribution in [2.75, 3.05) is 0 Å². The summed E-state index contributed by atoms with van der Waals surface area (Å²) in [5.74, 6) is 0.0649. The van der Waals surface area contributed by atoms with Gasteiger partial charge in [0.05, 0.1) is 6.42 Å². The fourth-order valence-corrected chi connectivity index (χ4v) is 1.92. The van der Waals surface area contributed by atoms with E-state index in [1.807, 2.05) is 73.3 Å². The van der Waals surface area contributed by atoms with Crippen LogP contribution in [0, 0.1) is 0 Å². The first-order valence-corrected chi connectivity index (χ1v) is 6.50. The lowest BCUT2D eigenvalue weighted by molar-refractivity contribution is -0.595. The van der Waals surface area contributed by atoms with Crippen molar-refractivity contribution in [3.63, 3.8) is 0 Å². The van der Waals surface area contributed by atoms with E-state index in [9.17, 15) is 4.79 Å². The third-order valence-electron chi connectivity index (χ3n) is 2.76. The number of nitrogens with zero attached hydrogens (tertiary/aromatic N) is 1. The SMILES string of the molecule is CC(C)NC(=O)Cc1ccc(-[n+]2ccccc2)cc1. The molecule has 0 aliphatic rings. The average molecular weight is 255 g/mol. The van der Waals surface area contributed by atoms with Crippen LogP contribution in [0.2, 0.25) is 0 Å². The summed E-state index contributed by atoms with van der Waals surface area (Å²) in [5, 5.41) is 2.89. The topological polar surface area (TPSA) is 33.0 Å². The molecule has 1 N–H and O–H groups in total. The molecule has 0 aliphatic heterocycles. The van der Waals surface area contributed by atoms with E-state index in [2.05, 4.69) is 5.32 Å². The number of rotatable bonds is 4. The number of hydrogen-bond acceptors (Lipinski definition) is 1. The Balaban J connectivity index is 2.05. The van der Waals surface area contributed by atoms with Crippen molar-refractivity contribution in [2.24, 2.45) is 0 Å². The van der Waals surface area contributed by atoms with E-state index in [0.717, 1.165) is 11.3 Å². The molecule has 0 spiro atoms. The van der Waals surface area contributed by atoms with Gasteiger partial charge in [0.1, 0.15) is 0 Å². The molecule has 0 atom stereocenters. The zero-order valence-electron chi connectivity index (χ0n) is 11.3. The Morgan fingerprint density at radius 2 is 1.74 bits per heavy atom. The lowest BCUT2D eigenvalue weighted by atomic mass is 10.1. The highest BCUT2D eigenvalue weighted by Gasteiger charge is 2.07. The number of pyridine rings is 1. The molecule has 0 radical (unpaired) electrons. The van der Waals surface area contributed by atoms with Crippen LogP contribution in [0.1, 0.15) is 19.4 Å². The summed E-state index contributed by atoms with van der Waals surface area (Å²) in [7, 11) is 0. The summed E-state index contributed by atoms with van der Waals surface area (Å²) >= 11 is 0. The molecule has 0 unspecified atom stereocenters. The van der Waals surface area contributed by atoms with Gasteiger partial charge in [0.2, 0.25) is 11.6 Å². The molecule has 98 valence electrons. The number of benzene rings is 1. The van der Waals surface area contributed by atoms with E-state index < -0.39 is 0 Å². The first-order chi connectivity index (χ1) is 9.15. The minimum atomic E-state index is 0.0649. The van der Waals surface area contributed by atoms with Crippen LogP contribution in [0.3, 0.4) is 0 Å². The summed E-state index contributed by atoms with van der Waals surface area (Å²) in [6.07, 6.45) is 4.43. The van der Waals surface area contributed by atoms with Crippen molar-refractivity contribution in [2.45, 2.75) is 26.3 Å². The van der Waals surface area contributed by atoms with Gasteiger partial charge in [-0.15, -0.1) is 0 Å². The van der Waals surface area contributed by atoms with Crippen LogP contribution in [0.5, 0.6) is 0 Å². The number of carbonyl (C=O) groups excluding carboxylic acids is 1. The molecule has 3 heteroatoms. The van der Waals surface area contributed by atoms with Gasteiger partial charge in [-0.2, -0.15) is 4.57 Å². The largest absolute Gasteiger partial charge is 0.354 e. The predicted molar refractivity (Wildman–Crippen MR) is 75.0 cm³/mol. The maximum atomic E-state index is 11.7. The zero-order chi connectivity index (χ0) is 13.7. The molecule has 1 amide bonds. The standard InChI is InChI=1S/C16H18N2O/c1-13(2)17-16(19)12-14-6-8-15(9-7-14)18-10-4-3-5-11-18/h3-11,13H,12H2,1-2H3/p+1. The third kappa shape index (κ3) is 3.91. The van der Waals surface area contributed by atoms with Crippen LogP contribution >= 0.6 is 0 Å². The molecular weight excluding hydrogens is 236 g/mol. The van der Waals surface area contributed by atoms with Crippen LogP contribution in [-0.2, 0) is 11.2 Å². The Hall–Kier alpha value is -2.16. The number of hydrogen-bond donors (Lipinski definition) is 1. The first kappa shape index (κ1) is 13.3. The maximum absolute atomic E-state index is 11.7. The second-order valence-electron chi connectivity index (χ2n) is 4.85. The van der Waals surface area contributed by atoms with Gasteiger partial charge in [-0.25, -0.2) is 0 Å². The molecule has 1 aromatic carbocycles. The van der Waals surface area contributed by atoms with Crippen LogP contribution in [0.25, 0.3) is 5.69 Å². The quantitative estimate of drug-likeness (QED) is 0.833. The fraction of sp³-hybridized carbons (Fsp3) is 0.250. The minimum Gasteiger partial charge on any atom is -0.354 e. The van der Waals surface area contributed by atoms with Gasteiger partial charge in [0.15, 0.2) is 12.4 Å². The Labute approximate surface area is 113 Å². The van der Waals surface area contributed by atoms with Crippen molar-refractivity contribution < 1.29 is 9.36 Å². The molecular formula is C16H19N2O+. The van der Waals surface area contributed by atoms with E-state index in [1.54, 1.807) is 0 Å². The predicted octanol–water partition coefficient (Wildman–Crippen LogP) is 2.03. The number of carbonyl (C=O) groups is 1. The number of aromatic nitrogens is 1. The Bertz CT molecular complexity index is 532. The van der Waals surface area contributed by atoms with Gasteiger partial charge in [-0.05, 0) is 19.4 Å². The minimum absolute atomic E-state index is 0.0649. The molecule has 2 aromatic rings. The highest BCUT2D eigenvalue weighted by molar-refractivity contribution is 5.78. The lowest BCUT2D eigenvalue weighted by Crippen LogP contribution is -2.31. The number of amides is 1. The summed E-state index contributed by atoms with van der Waals surface area (Å²) in [5.41, 5.74) is 2.12. The zero-order valence-corrected chi connectivity index (χ0v) is 11.3. The van der Waals surface area contributed by atoms with Crippen molar-refractivity contribution >= 4 is 5.91 Å². The van der Waals surface area contributed by atoms with Gasteiger partial charge < -0.3 is 5.32 Å². The van der Waals surface area contributed by atoms with Crippen molar-refractivity contribution in [1.82, 2.24) is 5.32 Å². The highest BCUT2D eigenvalue weighted by atomic mass is 16.1. The van der Waals surface area contributed by atoms with Gasteiger partial charge in [0.25, 0.3) is 0 Å². The molecule has 2 rings (SSSR count). The molecule has 0 saturated carbocycles. The van der Waals surface area contributed by atoms with Crippen molar-refractivity contribution in [3.05, 3.63) is 60.4 Å². The fourth-order valence-electron chi connectivity index (χ4n) is 1.92. The summed E-state index contributed by atoms with van der Waals surface area (Å²) in [6, 6.07) is 14.2. The lowest BCUT2D eigenvalue weighted by Gasteiger charge is -2.08. The third-order valence-corrected chi connectivity index (χ3v) is 2.76. The Morgan fingerprint density at radius 1 is 1.11 bits per heavy atom. The Kier molecular flexibility index (Phi) is 4.29. The molecule has 1 aromatic heterocycles. The molecule has 0 bridgehead atoms. The molecule has 3 nitrogen and oxygen atoms in total. The molecule has 0 aliphatic carbocycles. The summed E-state index contributed by atoms with van der Waals surface area (Å²) in [4.78, 5) is 11.7. The second-order valence-corrected chi connectivity index (χ2v) is 4.85. The van der Waals surface area contributed by atoms with E-state index in [-0.39, 0.29) is 11.9 Å². The first-order valence-electron chi connectivity index (χ1n) is 6.50. The molecule has 0 saturated heterocycles. The van der Waals surface area contributed by atoms with Crippen LogP contribution in [0.15, 0.2) is 54.9 Å². The Morgan fingerprint density at radius 3 is 2.32 bits per heavy atom. The van der Waals surface area contributed by atoms with Crippen molar-refractivity contribution in [3.8, 4) is 5.69 Å². The second kappa shape index (κ2) is 6.14. The summed E-state index contributed by atoms with van der Waals surface area (Å²) in [6.45, 7) is 3.93. The van der Waals surface area contributed by atoms with Crippen LogP contribution in [0.4, 0.5) is 0 Å². The van der Waals surface area contributed by atoms with E-state index >= 15 is 0 Å². The van der Waals surface area contributed by atoms with Gasteiger partial charge in [-0.3, -0.25) is 4.79 Å². The highest BCUT2D eigenvalue weighted by Crippen LogP contribution is 2.05. The van der Waals surface area contributed by atoms with Crippen LogP contribution < -0.4 is 9.88 Å². The smallest absolute Gasteiger partial charge is 0.224 e. The van der Waals surface area contributed by atoms with E-state index in [4.69, 9.17) is 0 Å². The van der Waals surface area contributed by atoms with Gasteiger partial charge in [0, 0.05) is 30.3 Å². The monoisotopic (exact) mass is 255 g/mol.